The highest BCUT2D eigenvalue weighted by Crippen LogP contribution is 2.12. The van der Waals surface area contributed by atoms with E-state index >= 15 is 0 Å². The molecule has 1 aromatic carbocycles. The molecule has 0 radical (unpaired) electrons. The van der Waals surface area contributed by atoms with E-state index in [2.05, 4.69) is 20.7 Å². The van der Waals surface area contributed by atoms with E-state index in [1.54, 1.807) is 26.0 Å². The fourth-order valence-corrected chi connectivity index (χ4v) is 3.52. The Bertz CT molecular complexity index is 1040. The van der Waals surface area contributed by atoms with Crippen LogP contribution >= 0.6 is 0 Å². The summed E-state index contributed by atoms with van der Waals surface area (Å²) in [6, 6.07) is 2.94. The molecule has 0 saturated heterocycles. The third kappa shape index (κ3) is 13.9. The van der Waals surface area contributed by atoms with Gasteiger partial charge in [0.2, 0.25) is 23.5 Å². The van der Waals surface area contributed by atoms with E-state index in [1.165, 1.54) is 19.1 Å². The van der Waals surface area contributed by atoms with Crippen molar-refractivity contribution in [1.29, 1.82) is 0 Å². The van der Waals surface area contributed by atoms with Crippen LogP contribution in [0, 0.1) is 0 Å². The highest BCUT2D eigenvalue weighted by molar-refractivity contribution is 6.25. The van der Waals surface area contributed by atoms with Crippen LogP contribution < -0.4 is 21.7 Å². The molecule has 13 heteroatoms. The number of hydrogen-bond acceptors (Lipinski definition) is 8. The number of nitrogens with two attached hydrogens (primary N) is 1. The van der Waals surface area contributed by atoms with Crippen molar-refractivity contribution >= 4 is 35.7 Å². The van der Waals surface area contributed by atoms with Crippen LogP contribution in [0.1, 0.15) is 58.4 Å². The summed E-state index contributed by atoms with van der Waals surface area (Å²) in [7, 11) is 0. The van der Waals surface area contributed by atoms with Crippen LogP contribution in [0.15, 0.2) is 24.3 Å². The Morgan fingerprint density at radius 1 is 1.03 bits per heavy atom. The first-order valence-corrected chi connectivity index (χ1v) is 12.7. The number of benzene rings is 1. The summed E-state index contributed by atoms with van der Waals surface area (Å²) in [6.45, 7) is 5.04. The molecule has 6 N–H and O–H groups in total. The van der Waals surface area contributed by atoms with Crippen molar-refractivity contribution in [2.24, 2.45) is 5.73 Å². The number of unbranched alkanes of at least 4 members (excludes halogenated alkanes) is 1. The lowest BCUT2D eigenvalue weighted by Crippen LogP contribution is -2.55. The minimum atomic E-state index is -1.19. The summed E-state index contributed by atoms with van der Waals surface area (Å²) in [6.07, 6.45) is 1.23. The third-order valence-corrected chi connectivity index (χ3v) is 5.49. The van der Waals surface area contributed by atoms with Crippen molar-refractivity contribution < 1.29 is 38.6 Å². The number of carbonyl (C=O) groups is 5. The van der Waals surface area contributed by atoms with E-state index < -0.39 is 47.8 Å². The van der Waals surface area contributed by atoms with E-state index in [4.69, 9.17) is 16.0 Å². The zero-order valence-electron chi connectivity index (χ0n) is 22.5. The maximum absolute atomic E-state index is 13.2. The van der Waals surface area contributed by atoms with Gasteiger partial charge in [0.15, 0.2) is 0 Å². The van der Waals surface area contributed by atoms with Gasteiger partial charge in [-0.15, -0.1) is 0 Å². The van der Waals surface area contributed by atoms with E-state index in [0.717, 1.165) is 0 Å². The molecule has 3 amide bonds. The SMILES string of the molecule is CC(=O)NCCCCC(NC(=O)C(N)Cc1ccc(O)cc1)C(=O)NC(CCC(=O)C=[N+]=[N-])C(=O)OC(C)C. The maximum atomic E-state index is 13.2. The number of Topliss-reactive ketones (excluding diaryl/α,β-unsaturated/α-hetero) is 1. The molecule has 39 heavy (non-hydrogen) atoms. The highest BCUT2D eigenvalue weighted by Gasteiger charge is 2.29. The topological polar surface area (TPSA) is 213 Å². The van der Waals surface area contributed by atoms with Crippen LogP contribution in [0.5, 0.6) is 5.75 Å². The number of aromatic hydroxyl groups is 1. The van der Waals surface area contributed by atoms with Gasteiger partial charge in [0, 0.05) is 19.9 Å². The van der Waals surface area contributed by atoms with Gasteiger partial charge in [-0.3, -0.25) is 19.2 Å². The second-order valence-electron chi connectivity index (χ2n) is 9.31. The van der Waals surface area contributed by atoms with Gasteiger partial charge >= 0.3 is 12.2 Å². The van der Waals surface area contributed by atoms with Crippen LogP contribution in [0.2, 0.25) is 0 Å². The zero-order chi connectivity index (χ0) is 29.4. The summed E-state index contributed by atoms with van der Waals surface area (Å²) >= 11 is 0. The predicted molar refractivity (Wildman–Crippen MR) is 141 cm³/mol. The van der Waals surface area contributed by atoms with Gasteiger partial charge < -0.3 is 37.1 Å². The Morgan fingerprint density at radius 2 is 1.67 bits per heavy atom. The van der Waals surface area contributed by atoms with Gasteiger partial charge in [-0.05, 0) is 63.6 Å². The molecule has 0 aliphatic carbocycles. The highest BCUT2D eigenvalue weighted by atomic mass is 16.5. The van der Waals surface area contributed by atoms with Gasteiger partial charge in [-0.2, -0.15) is 4.79 Å². The first-order chi connectivity index (χ1) is 18.4. The average Bonchev–Trinajstić information content (AvgIpc) is 2.86. The molecule has 0 fully saturated rings. The summed E-state index contributed by atoms with van der Waals surface area (Å²) in [5.41, 5.74) is 15.3. The van der Waals surface area contributed by atoms with Gasteiger partial charge in [-0.25, -0.2) is 4.79 Å². The minimum Gasteiger partial charge on any atom is -0.508 e. The normalized spacial score (nSPS) is 12.8. The molecule has 0 heterocycles. The van der Waals surface area contributed by atoms with Gasteiger partial charge in [0.05, 0.1) is 12.1 Å². The molecule has 13 nitrogen and oxygen atoms in total. The van der Waals surface area contributed by atoms with E-state index in [9.17, 15) is 29.1 Å². The lowest BCUT2D eigenvalue weighted by molar-refractivity contribution is -0.152. The molecule has 3 atom stereocenters. The molecule has 3 unspecified atom stereocenters. The number of phenolic OH excluding ortho intramolecular Hbond substituents is 1. The summed E-state index contributed by atoms with van der Waals surface area (Å²) in [5, 5.41) is 17.3. The Hall–Kier alpha value is -4.09. The number of phenols is 1. The summed E-state index contributed by atoms with van der Waals surface area (Å²) in [5.74, 6) is -2.70. The van der Waals surface area contributed by atoms with E-state index in [1.807, 2.05) is 0 Å². The summed E-state index contributed by atoms with van der Waals surface area (Å²) < 4.78 is 5.20. The van der Waals surface area contributed by atoms with Crippen molar-refractivity contribution in [3.63, 3.8) is 0 Å². The Balaban J connectivity index is 2.97. The van der Waals surface area contributed by atoms with Crippen LogP contribution in [0.4, 0.5) is 0 Å². The van der Waals surface area contributed by atoms with E-state index in [-0.39, 0.29) is 37.3 Å². The molecule has 0 saturated carbocycles. The predicted octanol–water partition coefficient (Wildman–Crippen LogP) is 0.140. The zero-order valence-corrected chi connectivity index (χ0v) is 22.5. The maximum Gasteiger partial charge on any atom is 0.328 e. The number of hydrogen-bond donors (Lipinski definition) is 5. The first-order valence-electron chi connectivity index (χ1n) is 12.7. The van der Waals surface area contributed by atoms with Gasteiger partial charge in [-0.1, -0.05) is 12.1 Å². The van der Waals surface area contributed by atoms with Gasteiger partial charge in [0.1, 0.15) is 17.8 Å². The molecule has 1 rings (SSSR count). The van der Waals surface area contributed by atoms with Crippen LogP contribution in [0.25, 0.3) is 5.53 Å². The monoisotopic (exact) mass is 546 g/mol. The molecule has 0 spiro atoms. The van der Waals surface area contributed by atoms with Crippen LogP contribution in [-0.2, 0) is 35.1 Å². The van der Waals surface area contributed by atoms with Crippen molar-refractivity contribution in [2.45, 2.75) is 83.5 Å². The van der Waals surface area contributed by atoms with E-state index in [0.29, 0.717) is 31.2 Å². The minimum absolute atomic E-state index is 0.0728. The van der Waals surface area contributed by atoms with Crippen molar-refractivity contribution in [3.8, 4) is 5.75 Å². The number of amides is 3. The Kier molecular flexibility index (Phi) is 14.7. The lowest BCUT2D eigenvalue weighted by Gasteiger charge is -2.24. The molecular formula is C26H38N6O7. The van der Waals surface area contributed by atoms with Crippen LogP contribution in [0.3, 0.4) is 0 Å². The number of ether oxygens (including phenoxy) is 1. The largest absolute Gasteiger partial charge is 0.508 e. The van der Waals surface area contributed by atoms with Crippen molar-refractivity contribution in [1.82, 2.24) is 16.0 Å². The Labute approximate surface area is 227 Å². The average molecular weight is 547 g/mol. The second kappa shape index (κ2) is 17.4. The standard InChI is InChI=1S/C26H38N6O7/c1-16(2)39-26(38)23(12-11-20(35)15-30-28)32-25(37)22(6-4-5-13-29-17(3)33)31-24(36)21(27)14-18-7-9-19(34)10-8-18/h7-10,15-16,21-23,34H,4-6,11-14,27H2,1-3H3,(H,29,33)(H,31,36)(H,32,37). The molecule has 0 aliphatic heterocycles. The second-order valence-corrected chi connectivity index (χ2v) is 9.31. The van der Waals surface area contributed by atoms with Gasteiger partial charge in [0.25, 0.3) is 0 Å². The molecular weight excluding hydrogens is 508 g/mol. The number of carbonyl (C=O) groups excluding carboxylic acids is 5. The molecule has 1 aromatic rings. The van der Waals surface area contributed by atoms with Crippen molar-refractivity contribution in [2.75, 3.05) is 6.54 Å². The third-order valence-electron chi connectivity index (χ3n) is 5.49. The number of nitrogens with zero attached hydrogens (tertiary/aromatic N) is 2. The first kappa shape index (κ1) is 32.9. The van der Waals surface area contributed by atoms with Crippen LogP contribution in [-0.4, -0.2) is 76.4 Å². The Morgan fingerprint density at radius 3 is 2.26 bits per heavy atom. The quantitative estimate of drug-likeness (QED) is 0.0594. The number of rotatable bonds is 17. The lowest BCUT2D eigenvalue weighted by atomic mass is 10.0. The molecule has 214 valence electrons. The fourth-order valence-electron chi connectivity index (χ4n) is 3.52. The smallest absolute Gasteiger partial charge is 0.328 e. The molecule has 0 bridgehead atoms. The number of esters is 1. The summed E-state index contributed by atoms with van der Waals surface area (Å²) in [4.78, 5) is 64.2. The number of nitrogens with one attached hydrogen (secondary N) is 3. The van der Waals surface area contributed by atoms with Crippen molar-refractivity contribution in [3.05, 3.63) is 35.4 Å². The molecule has 0 aliphatic rings. The fraction of sp³-hybridized carbons (Fsp3) is 0.538. The number of ketones is 1. The molecule has 0 aromatic heterocycles.